The monoisotopic (exact) mass is 318 g/mol. The molecule has 0 aromatic heterocycles. The van der Waals surface area contributed by atoms with E-state index in [4.69, 9.17) is 15.3 Å². The van der Waals surface area contributed by atoms with Gasteiger partial charge in [0.25, 0.3) is 0 Å². The summed E-state index contributed by atoms with van der Waals surface area (Å²) in [7, 11) is 0. The summed E-state index contributed by atoms with van der Waals surface area (Å²) >= 11 is 0. The summed E-state index contributed by atoms with van der Waals surface area (Å²) < 4.78 is 0. The van der Waals surface area contributed by atoms with Crippen molar-refractivity contribution in [2.75, 3.05) is 0 Å². The van der Waals surface area contributed by atoms with Crippen molar-refractivity contribution in [3.05, 3.63) is 15.3 Å². The van der Waals surface area contributed by atoms with Gasteiger partial charge in [-0.1, -0.05) is 0 Å². The van der Waals surface area contributed by atoms with Crippen LogP contribution < -0.4 is 6.15 Å². The van der Waals surface area contributed by atoms with E-state index in [1.807, 2.05) is 0 Å². The summed E-state index contributed by atoms with van der Waals surface area (Å²) in [6.45, 7) is 0. The summed E-state index contributed by atoms with van der Waals surface area (Å²) in [5, 5.41) is 14.8. The summed E-state index contributed by atoms with van der Waals surface area (Å²) in [5.41, 5.74) is 0. The smallest absolute Gasteiger partial charge is 0.0689 e. The van der Waals surface area contributed by atoms with Crippen molar-refractivity contribution in [1.29, 1.82) is 0 Å². The predicted octanol–water partition coefficient (Wildman–Crippen LogP) is 0.137. The Balaban J connectivity index is -0.0000000450. The van der Waals surface area contributed by atoms with Crippen molar-refractivity contribution >= 4 is 0 Å². The molecule has 0 rings (SSSR count). The Morgan fingerprint density at radius 3 is 1.33 bits per heavy atom. The van der Waals surface area contributed by atoms with Crippen LogP contribution in [0.3, 0.4) is 0 Å². The van der Waals surface area contributed by atoms with Crippen LogP contribution in [0.1, 0.15) is 0 Å². The van der Waals surface area contributed by atoms with Crippen LogP contribution in [0, 0.1) is 44.5 Å². The van der Waals surface area contributed by atoms with Crippen LogP contribution in [0.4, 0.5) is 0 Å². The standard InChI is InChI=1S/NO3.H3N.Pu/c2-1(3)4;;/h;1H3;/q-1;;/p+1. The fraction of sp³-hybridized carbons (Fsp3) is 0. The van der Waals surface area contributed by atoms with Gasteiger partial charge in [0.1, 0.15) is 0 Å². The van der Waals surface area contributed by atoms with Gasteiger partial charge in [-0.15, -0.1) is 0 Å². The molecule has 0 unspecified atom stereocenters. The molecule has 6 heavy (non-hydrogen) atoms. The van der Waals surface area contributed by atoms with E-state index < -0.39 is 5.09 Å². The Kier molecular flexibility index (Phi) is 24.5. The van der Waals surface area contributed by atoms with E-state index in [2.05, 4.69) is 0 Å². The van der Waals surface area contributed by atoms with Gasteiger partial charge in [0.15, 0.2) is 0 Å². The van der Waals surface area contributed by atoms with Crippen LogP contribution in [0.15, 0.2) is 0 Å². The van der Waals surface area contributed by atoms with Gasteiger partial charge in [0.05, 0.1) is 5.09 Å². The topological polar surface area (TPSA) is 103 Å². The second-order valence-electron chi connectivity index (χ2n) is 0.224. The van der Waals surface area contributed by atoms with E-state index in [0.717, 1.165) is 0 Å². The molecule has 38 valence electrons. The van der Waals surface area contributed by atoms with Gasteiger partial charge in [-0.05, 0) is 0 Å². The first kappa shape index (κ1) is 16.4. The minimum absolute atomic E-state index is 0. The van der Waals surface area contributed by atoms with Gasteiger partial charge in [-0.2, -0.15) is 0 Å². The molecule has 0 aromatic rings. The maximum Gasteiger partial charge on any atom is 0.0689 e. The summed E-state index contributed by atoms with van der Waals surface area (Å²) in [6.07, 6.45) is 0. The SMILES string of the molecule is O=[N+]([O-])[O-].[NH4+].[Pu]. The molecule has 6 heteroatoms. The van der Waals surface area contributed by atoms with Crippen LogP contribution in [-0.4, -0.2) is 5.09 Å². The summed E-state index contributed by atoms with van der Waals surface area (Å²) in [5.74, 6) is 0. The van der Waals surface area contributed by atoms with Crippen LogP contribution in [-0.2, 0) is 0 Å². The largest absolute Gasteiger partial charge is 0.369 e. The zero-order valence-electron chi connectivity index (χ0n) is 3.08. The Morgan fingerprint density at radius 2 is 1.33 bits per heavy atom. The van der Waals surface area contributed by atoms with Crippen LogP contribution >= 0.6 is 0 Å². The molecule has 0 bridgehead atoms. The molecule has 0 aliphatic rings. The van der Waals surface area contributed by atoms with Crippen molar-refractivity contribution in [3.8, 4) is 0 Å². The third-order valence-corrected chi connectivity index (χ3v) is 0. The maximum atomic E-state index is 8.25. The van der Waals surface area contributed by atoms with Crippen LogP contribution in [0.25, 0.3) is 0 Å². The minimum atomic E-state index is -1.75. The summed E-state index contributed by atoms with van der Waals surface area (Å²) in [6, 6.07) is 0. The molecule has 0 saturated heterocycles. The van der Waals surface area contributed by atoms with Crippen LogP contribution in [0.5, 0.6) is 0 Å². The Hall–Kier alpha value is 0.147. The second kappa shape index (κ2) is 8.94. The Labute approximate surface area is 56.0 Å². The van der Waals surface area contributed by atoms with E-state index in [1.54, 1.807) is 0 Å². The third kappa shape index (κ3) is 1900. The van der Waals surface area contributed by atoms with Gasteiger partial charge in [0.2, 0.25) is 0 Å². The first-order chi connectivity index (χ1) is 1.73. The van der Waals surface area contributed by atoms with Crippen molar-refractivity contribution < 1.29 is 34.3 Å². The molecule has 0 aromatic carbocycles. The van der Waals surface area contributed by atoms with Crippen molar-refractivity contribution in [3.63, 3.8) is 0 Å². The molecule has 0 heterocycles. The molecule has 0 atom stereocenters. The van der Waals surface area contributed by atoms with Gasteiger partial charge in [0, 0.05) is 29.2 Å². The van der Waals surface area contributed by atoms with E-state index in [0.29, 0.717) is 0 Å². The molecule has 0 saturated carbocycles. The van der Waals surface area contributed by atoms with E-state index in [9.17, 15) is 0 Å². The first-order valence-corrected chi connectivity index (χ1v) is 0.548. The fourth-order valence-electron chi connectivity index (χ4n) is 0. The number of rotatable bonds is 0. The first-order valence-electron chi connectivity index (χ1n) is 0.548. The van der Waals surface area contributed by atoms with Crippen LogP contribution in [0.2, 0.25) is 0 Å². The second-order valence-corrected chi connectivity index (χ2v) is 0.224. The van der Waals surface area contributed by atoms with E-state index in [1.165, 1.54) is 0 Å². The zero-order chi connectivity index (χ0) is 3.58. The number of nitrogens with zero attached hydrogens (tertiary/aromatic N) is 1. The van der Waals surface area contributed by atoms with Gasteiger partial charge in [-0.3, -0.25) is 0 Å². The van der Waals surface area contributed by atoms with Crippen molar-refractivity contribution in [2.45, 2.75) is 0 Å². The quantitative estimate of drug-likeness (QED) is 0.506. The van der Waals surface area contributed by atoms with Gasteiger partial charge >= 0.3 is 0 Å². The molecule has 5 nitrogen and oxygen atoms in total. The zero-order valence-corrected chi connectivity index (χ0v) is 6.48. The average Bonchev–Trinajstić information content (AvgIpc) is 0.811. The fourth-order valence-corrected chi connectivity index (χ4v) is 0. The molecule has 0 radical (unpaired) electrons. The van der Waals surface area contributed by atoms with E-state index >= 15 is 0 Å². The predicted molar refractivity (Wildman–Crippen MR) is 16.3 cm³/mol. The normalized spacial score (nSPS) is 4.00. The van der Waals surface area contributed by atoms with Gasteiger partial charge in [-0.25, -0.2) is 0 Å². The van der Waals surface area contributed by atoms with E-state index in [-0.39, 0.29) is 35.3 Å². The number of hydrogen-bond acceptors (Lipinski definition) is 3. The Morgan fingerprint density at radius 1 is 1.33 bits per heavy atom. The molecule has 0 amide bonds. The molecule has 0 aliphatic heterocycles. The molecule has 0 aliphatic carbocycles. The number of hydrogen-bond donors (Lipinski definition) is 1. The van der Waals surface area contributed by atoms with Crippen molar-refractivity contribution in [1.82, 2.24) is 6.15 Å². The van der Waals surface area contributed by atoms with Crippen molar-refractivity contribution in [2.24, 2.45) is 0 Å². The molecule has 4 N–H and O–H groups in total. The molecular formula is H4N2O3Pu. The number of quaternary nitrogens is 1. The van der Waals surface area contributed by atoms with Gasteiger partial charge < -0.3 is 21.5 Å². The minimum Gasteiger partial charge on any atom is -0.369 e. The third-order valence-electron chi connectivity index (χ3n) is 0. The Bertz CT molecular complexity index is 31.8. The average molecular weight is 324 g/mol. The molecular weight excluding hydrogens is 320 g/mol. The maximum absolute atomic E-state index is 8.25. The molecule has 0 fully saturated rings. The summed E-state index contributed by atoms with van der Waals surface area (Å²) in [4.78, 5) is 8.25. The molecule has 0 spiro atoms.